The first-order valence-electron chi connectivity index (χ1n) is 7.77. The smallest absolute Gasteiger partial charge is 0.412 e. The zero-order chi connectivity index (χ0) is 18.2. The summed E-state index contributed by atoms with van der Waals surface area (Å²) >= 11 is 0. The summed E-state index contributed by atoms with van der Waals surface area (Å²) in [5.41, 5.74) is 5.44. The molecule has 0 unspecified atom stereocenters. The number of nitrogens with one attached hydrogen (secondary N) is 1. The van der Waals surface area contributed by atoms with Gasteiger partial charge in [-0.3, -0.25) is 5.32 Å². The molecule has 5 nitrogen and oxygen atoms in total. The van der Waals surface area contributed by atoms with Crippen LogP contribution in [0.2, 0.25) is 0 Å². The highest BCUT2D eigenvalue weighted by atomic mass is 19.3. The molecular weight excluding hydrogens is 318 g/mol. The Bertz CT molecular complexity index is 619. The fraction of sp³-hybridized carbons (Fsp3) is 0.588. The fourth-order valence-electron chi connectivity index (χ4n) is 3.01. The number of benzene rings is 1. The number of hydrogen-bond acceptors (Lipinski definition) is 4. The van der Waals surface area contributed by atoms with Crippen molar-refractivity contribution in [2.24, 2.45) is 5.73 Å². The first-order chi connectivity index (χ1) is 11.0. The van der Waals surface area contributed by atoms with Crippen molar-refractivity contribution in [3.05, 3.63) is 23.8 Å². The molecule has 1 fully saturated rings. The molecule has 2 rings (SSSR count). The first kappa shape index (κ1) is 18.4. The maximum absolute atomic E-state index is 13.4. The monoisotopic (exact) mass is 342 g/mol. The topological polar surface area (TPSA) is 73.6 Å². The molecule has 1 aliphatic carbocycles. The van der Waals surface area contributed by atoms with Gasteiger partial charge in [0.15, 0.2) is 0 Å². The van der Waals surface area contributed by atoms with Crippen molar-refractivity contribution in [1.29, 1.82) is 0 Å². The van der Waals surface area contributed by atoms with Crippen LogP contribution in [0.1, 0.15) is 39.2 Å². The van der Waals surface area contributed by atoms with Crippen molar-refractivity contribution >= 4 is 11.8 Å². The van der Waals surface area contributed by atoms with Gasteiger partial charge in [0.05, 0.1) is 7.11 Å². The van der Waals surface area contributed by atoms with Crippen molar-refractivity contribution < 1.29 is 23.0 Å². The number of hydrogen-bond donors (Lipinski definition) is 2. The molecule has 0 aromatic heterocycles. The maximum atomic E-state index is 13.4. The second-order valence-electron chi connectivity index (χ2n) is 7.24. The van der Waals surface area contributed by atoms with E-state index in [1.165, 1.54) is 7.11 Å². The Kier molecular flexibility index (Phi) is 4.77. The number of halogens is 2. The van der Waals surface area contributed by atoms with E-state index in [4.69, 9.17) is 15.2 Å². The normalized spacial score (nSPS) is 18.5. The summed E-state index contributed by atoms with van der Waals surface area (Å²) in [6.07, 6.45) is -1.20. The lowest BCUT2D eigenvalue weighted by Gasteiger charge is -2.47. The molecule has 0 aliphatic heterocycles. The molecule has 3 N–H and O–H groups in total. The van der Waals surface area contributed by atoms with E-state index >= 15 is 0 Å². The molecule has 0 saturated heterocycles. The van der Waals surface area contributed by atoms with Crippen LogP contribution in [-0.4, -0.2) is 31.3 Å². The molecule has 1 aromatic carbocycles. The highest BCUT2D eigenvalue weighted by molar-refractivity contribution is 5.85. The van der Waals surface area contributed by atoms with Crippen LogP contribution in [0.3, 0.4) is 0 Å². The number of anilines is 1. The van der Waals surface area contributed by atoms with E-state index in [1.807, 2.05) is 0 Å². The van der Waals surface area contributed by atoms with E-state index in [9.17, 15) is 13.6 Å². The predicted octanol–water partition coefficient (Wildman–Crippen LogP) is 3.67. The van der Waals surface area contributed by atoms with E-state index < -0.39 is 23.0 Å². The Hall–Kier alpha value is -1.89. The number of methoxy groups -OCH3 is 1. The third-order valence-corrected chi connectivity index (χ3v) is 4.00. The number of alkyl halides is 2. The van der Waals surface area contributed by atoms with E-state index in [2.05, 4.69) is 5.32 Å². The summed E-state index contributed by atoms with van der Waals surface area (Å²) in [5, 5.41) is 2.60. The number of amides is 1. The second-order valence-corrected chi connectivity index (χ2v) is 7.24. The van der Waals surface area contributed by atoms with Gasteiger partial charge in [0.1, 0.15) is 11.4 Å². The number of nitrogens with two attached hydrogens (primary N) is 1. The van der Waals surface area contributed by atoms with Gasteiger partial charge in [-0.05, 0) is 26.8 Å². The molecule has 0 bridgehead atoms. The highest BCUT2D eigenvalue weighted by Crippen LogP contribution is 2.55. The van der Waals surface area contributed by atoms with Gasteiger partial charge < -0.3 is 15.2 Å². The van der Waals surface area contributed by atoms with Crippen LogP contribution >= 0.6 is 0 Å². The van der Waals surface area contributed by atoms with Crippen LogP contribution < -0.4 is 15.8 Å². The lowest BCUT2D eigenvalue weighted by atomic mass is 9.62. The summed E-state index contributed by atoms with van der Waals surface area (Å²) in [6, 6.07) is 4.90. The Morgan fingerprint density at radius 1 is 1.33 bits per heavy atom. The van der Waals surface area contributed by atoms with Gasteiger partial charge in [0.25, 0.3) is 0 Å². The summed E-state index contributed by atoms with van der Waals surface area (Å²) in [5.74, 6) is -2.28. The van der Waals surface area contributed by atoms with Crippen molar-refractivity contribution in [3.63, 3.8) is 0 Å². The van der Waals surface area contributed by atoms with Gasteiger partial charge >= 0.3 is 6.09 Å². The van der Waals surface area contributed by atoms with Gasteiger partial charge in [-0.15, -0.1) is 0 Å². The van der Waals surface area contributed by atoms with Gasteiger partial charge in [-0.2, -0.15) is 0 Å². The first-order valence-corrected chi connectivity index (χ1v) is 7.77. The van der Waals surface area contributed by atoms with E-state index in [0.717, 1.165) is 0 Å². The average molecular weight is 342 g/mol. The summed E-state index contributed by atoms with van der Waals surface area (Å²) < 4.78 is 37.3. The Labute approximate surface area is 140 Å². The summed E-state index contributed by atoms with van der Waals surface area (Å²) in [6.45, 7) is 5.39. The molecule has 1 amide bonds. The minimum Gasteiger partial charge on any atom is -0.496 e. The summed E-state index contributed by atoms with van der Waals surface area (Å²) in [4.78, 5) is 11.8. The molecule has 7 heteroatoms. The van der Waals surface area contributed by atoms with Crippen LogP contribution in [0.25, 0.3) is 0 Å². The van der Waals surface area contributed by atoms with Gasteiger partial charge in [0.2, 0.25) is 5.92 Å². The van der Waals surface area contributed by atoms with Gasteiger partial charge in [-0.1, -0.05) is 6.07 Å². The van der Waals surface area contributed by atoms with Crippen LogP contribution in [0.5, 0.6) is 5.75 Å². The third-order valence-electron chi connectivity index (χ3n) is 4.00. The molecule has 1 aromatic rings. The quantitative estimate of drug-likeness (QED) is 0.876. The largest absolute Gasteiger partial charge is 0.496 e. The van der Waals surface area contributed by atoms with Crippen molar-refractivity contribution in [2.75, 3.05) is 19.0 Å². The zero-order valence-electron chi connectivity index (χ0n) is 14.4. The van der Waals surface area contributed by atoms with Crippen molar-refractivity contribution in [3.8, 4) is 5.75 Å². The lowest BCUT2D eigenvalue weighted by Crippen LogP contribution is -2.53. The van der Waals surface area contributed by atoms with Gasteiger partial charge in [-0.25, -0.2) is 13.6 Å². The van der Waals surface area contributed by atoms with Crippen molar-refractivity contribution in [2.45, 2.75) is 50.6 Å². The fourth-order valence-corrected chi connectivity index (χ4v) is 3.01. The standard InChI is InChI=1S/C17H24F2N2O3/c1-15(2,3)24-14(22)21-11-5-6-12(13(7-11)23-4)16(10-20)8-17(18,19)9-16/h5-7H,8-10,20H2,1-4H3,(H,21,22). The molecule has 1 saturated carbocycles. The van der Waals surface area contributed by atoms with Crippen LogP contribution in [-0.2, 0) is 10.2 Å². The van der Waals surface area contributed by atoms with E-state index in [-0.39, 0.29) is 19.4 Å². The molecule has 0 heterocycles. The second kappa shape index (κ2) is 6.20. The molecule has 0 spiro atoms. The average Bonchev–Trinajstić information content (AvgIpc) is 2.42. The van der Waals surface area contributed by atoms with E-state index in [0.29, 0.717) is 17.0 Å². The Balaban J connectivity index is 2.21. The van der Waals surface area contributed by atoms with Crippen molar-refractivity contribution in [1.82, 2.24) is 0 Å². The minimum atomic E-state index is -2.70. The molecule has 134 valence electrons. The summed E-state index contributed by atoms with van der Waals surface area (Å²) in [7, 11) is 1.46. The predicted molar refractivity (Wildman–Crippen MR) is 87.8 cm³/mol. The van der Waals surface area contributed by atoms with Gasteiger partial charge in [0, 0.05) is 42.1 Å². The number of carbonyl (C=O) groups is 1. The highest BCUT2D eigenvalue weighted by Gasteiger charge is 2.57. The Morgan fingerprint density at radius 2 is 1.96 bits per heavy atom. The minimum absolute atomic E-state index is 0.109. The molecular formula is C17H24F2N2O3. The third kappa shape index (κ3) is 3.95. The molecule has 0 atom stereocenters. The maximum Gasteiger partial charge on any atom is 0.412 e. The molecule has 0 radical (unpaired) electrons. The van der Waals surface area contributed by atoms with Crippen LogP contribution in [0, 0.1) is 0 Å². The van der Waals surface area contributed by atoms with Crippen LogP contribution in [0.4, 0.5) is 19.3 Å². The van der Waals surface area contributed by atoms with Crippen LogP contribution in [0.15, 0.2) is 18.2 Å². The lowest BCUT2D eigenvalue weighted by molar-refractivity contribution is -0.124. The SMILES string of the molecule is COc1cc(NC(=O)OC(C)(C)C)ccc1C1(CN)CC(F)(F)C1. The molecule has 24 heavy (non-hydrogen) atoms. The number of rotatable bonds is 4. The zero-order valence-corrected chi connectivity index (χ0v) is 14.4. The Morgan fingerprint density at radius 3 is 2.42 bits per heavy atom. The number of carbonyl (C=O) groups excluding carboxylic acids is 1. The van der Waals surface area contributed by atoms with E-state index in [1.54, 1.807) is 39.0 Å². The molecule has 1 aliphatic rings. The number of ether oxygens (including phenoxy) is 2.